The Morgan fingerprint density at radius 2 is 1.86 bits per heavy atom. The summed E-state index contributed by atoms with van der Waals surface area (Å²) in [4.78, 5) is 25.8. The molecule has 0 bridgehead atoms. The van der Waals surface area contributed by atoms with E-state index in [9.17, 15) is 14.7 Å². The first-order chi connectivity index (χ1) is 10.5. The minimum Gasteiger partial charge on any atom is -0.508 e. The quantitative estimate of drug-likeness (QED) is 0.606. The highest BCUT2D eigenvalue weighted by Gasteiger charge is 2.39. The summed E-state index contributed by atoms with van der Waals surface area (Å²) in [7, 11) is 0. The molecule has 1 unspecified atom stereocenters. The van der Waals surface area contributed by atoms with Crippen molar-refractivity contribution in [3.05, 3.63) is 52.1 Å². The van der Waals surface area contributed by atoms with Crippen LogP contribution in [0, 0.1) is 3.57 Å². The Bertz CT molecular complexity index is 730. The van der Waals surface area contributed by atoms with Crippen LogP contribution in [-0.4, -0.2) is 23.0 Å². The number of phenols is 1. The molecule has 2 aromatic carbocycles. The van der Waals surface area contributed by atoms with Gasteiger partial charge in [0, 0.05) is 9.26 Å². The lowest BCUT2D eigenvalue weighted by atomic mass is 10.2. The molecular formula is C16H13IN2O3. The summed E-state index contributed by atoms with van der Waals surface area (Å²) >= 11 is 2.19. The van der Waals surface area contributed by atoms with Crippen molar-refractivity contribution in [3.8, 4) is 5.75 Å². The summed E-state index contributed by atoms with van der Waals surface area (Å²) in [6, 6.07) is 13.1. The lowest BCUT2D eigenvalue weighted by Gasteiger charge is -2.16. The topological polar surface area (TPSA) is 69.6 Å². The van der Waals surface area contributed by atoms with Gasteiger partial charge in [-0.25, -0.2) is 4.90 Å². The molecule has 1 aliphatic rings. The Morgan fingerprint density at radius 3 is 2.55 bits per heavy atom. The Hall–Kier alpha value is -2.09. The van der Waals surface area contributed by atoms with Crippen LogP contribution < -0.4 is 10.2 Å². The zero-order valence-corrected chi connectivity index (χ0v) is 13.6. The average Bonchev–Trinajstić information content (AvgIpc) is 2.75. The van der Waals surface area contributed by atoms with Gasteiger partial charge in [0.15, 0.2) is 0 Å². The first-order valence-corrected chi connectivity index (χ1v) is 7.80. The molecule has 2 N–H and O–H groups in total. The predicted molar refractivity (Wildman–Crippen MR) is 91.8 cm³/mol. The van der Waals surface area contributed by atoms with Crippen LogP contribution in [0.4, 0.5) is 11.4 Å². The minimum absolute atomic E-state index is 0.0939. The summed E-state index contributed by atoms with van der Waals surface area (Å²) in [6.45, 7) is 0. The fourth-order valence-electron chi connectivity index (χ4n) is 2.40. The maximum Gasteiger partial charge on any atom is 0.256 e. The molecule has 0 aliphatic carbocycles. The molecule has 6 heteroatoms. The van der Waals surface area contributed by atoms with E-state index in [0.717, 1.165) is 14.2 Å². The number of anilines is 2. The lowest BCUT2D eigenvalue weighted by molar-refractivity contribution is -0.121. The van der Waals surface area contributed by atoms with Crippen molar-refractivity contribution in [2.75, 3.05) is 10.2 Å². The molecular weight excluding hydrogens is 395 g/mol. The zero-order valence-electron chi connectivity index (χ0n) is 11.5. The molecule has 2 amide bonds. The number of amides is 2. The van der Waals surface area contributed by atoms with E-state index in [4.69, 9.17) is 0 Å². The van der Waals surface area contributed by atoms with Crippen molar-refractivity contribution >= 4 is 45.8 Å². The third kappa shape index (κ3) is 2.92. The van der Waals surface area contributed by atoms with E-state index in [1.54, 1.807) is 12.1 Å². The standard InChI is InChI=1S/C16H13IN2O3/c17-10-2-1-3-11(8-10)18-14-9-15(21)19(16(14)22)12-4-6-13(20)7-5-12/h1-8,14,18,20H,9H2. The summed E-state index contributed by atoms with van der Waals surface area (Å²) in [5, 5.41) is 12.4. The number of imide groups is 1. The number of nitrogens with one attached hydrogen (secondary N) is 1. The fraction of sp³-hybridized carbons (Fsp3) is 0.125. The van der Waals surface area contributed by atoms with Crippen LogP contribution >= 0.6 is 22.6 Å². The summed E-state index contributed by atoms with van der Waals surface area (Å²) in [6.07, 6.45) is 0.116. The Balaban J connectivity index is 1.81. The largest absolute Gasteiger partial charge is 0.508 e. The van der Waals surface area contributed by atoms with Gasteiger partial charge in [-0.1, -0.05) is 6.07 Å². The van der Waals surface area contributed by atoms with E-state index in [2.05, 4.69) is 27.9 Å². The van der Waals surface area contributed by atoms with Crippen LogP contribution in [0.25, 0.3) is 0 Å². The minimum atomic E-state index is -0.570. The molecule has 0 aromatic heterocycles. The number of phenolic OH excluding ortho intramolecular Hbond substituents is 1. The Labute approximate surface area is 141 Å². The van der Waals surface area contributed by atoms with E-state index in [1.165, 1.54) is 12.1 Å². The second-order valence-electron chi connectivity index (χ2n) is 5.00. The van der Waals surface area contributed by atoms with Gasteiger partial charge in [-0.05, 0) is 65.1 Å². The van der Waals surface area contributed by atoms with Crippen molar-refractivity contribution in [2.24, 2.45) is 0 Å². The molecule has 22 heavy (non-hydrogen) atoms. The average molecular weight is 408 g/mol. The van der Waals surface area contributed by atoms with Crippen molar-refractivity contribution < 1.29 is 14.7 Å². The van der Waals surface area contributed by atoms with Crippen molar-refractivity contribution in [1.29, 1.82) is 0 Å². The number of halogens is 1. The highest BCUT2D eigenvalue weighted by atomic mass is 127. The van der Waals surface area contributed by atoms with Crippen molar-refractivity contribution in [1.82, 2.24) is 0 Å². The first-order valence-electron chi connectivity index (χ1n) is 6.72. The molecule has 2 aromatic rings. The normalized spacial score (nSPS) is 17.9. The van der Waals surface area contributed by atoms with Gasteiger partial charge in [-0.2, -0.15) is 0 Å². The fourth-order valence-corrected chi connectivity index (χ4v) is 2.94. The summed E-state index contributed by atoms with van der Waals surface area (Å²) in [5.41, 5.74) is 1.28. The van der Waals surface area contributed by atoms with Gasteiger partial charge in [0.25, 0.3) is 5.91 Å². The Morgan fingerprint density at radius 1 is 1.14 bits per heavy atom. The molecule has 3 rings (SSSR count). The molecule has 112 valence electrons. The number of carbonyl (C=O) groups excluding carboxylic acids is 2. The molecule has 1 saturated heterocycles. The van der Waals surface area contributed by atoms with E-state index >= 15 is 0 Å². The monoisotopic (exact) mass is 408 g/mol. The molecule has 0 radical (unpaired) electrons. The third-order valence-electron chi connectivity index (χ3n) is 3.42. The summed E-state index contributed by atoms with van der Waals surface area (Å²) < 4.78 is 1.05. The van der Waals surface area contributed by atoms with Crippen molar-refractivity contribution in [3.63, 3.8) is 0 Å². The summed E-state index contributed by atoms with van der Waals surface area (Å²) in [5.74, 6) is -0.440. The van der Waals surface area contributed by atoms with E-state index in [-0.39, 0.29) is 24.0 Å². The van der Waals surface area contributed by atoms with Gasteiger partial charge in [-0.3, -0.25) is 9.59 Å². The highest BCUT2D eigenvalue weighted by Crippen LogP contribution is 2.26. The Kier molecular flexibility index (Phi) is 4.02. The molecule has 0 saturated carbocycles. The molecule has 1 atom stereocenters. The van der Waals surface area contributed by atoms with Crippen LogP contribution in [0.3, 0.4) is 0 Å². The molecule has 1 fully saturated rings. The number of hydrogen-bond acceptors (Lipinski definition) is 4. The number of carbonyl (C=O) groups is 2. The van der Waals surface area contributed by atoms with Gasteiger partial charge < -0.3 is 10.4 Å². The predicted octanol–water partition coefficient (Wildman–Crippen LogP) is 2.74. The third-order valence-corrected chi connectivity index (χ3v) is 4.09. The smallest absolute Gasteiger partial charge is 0.256 e. The van der Waals surface area contributed by atoms with Gasteiger partial charge in [-0.15, -0.1) is 0 Å². The van der Waals surface area contributed by atoms with Gasteiger partial charge >= 0.3 is 0 Å². The number of nitrogens with zero attached hydrogens (tertiary/aromatic N) is 1. The number of rotatable bonds is 3. The SMILES string of the molecule is O=C1CC(Nc2cccc(I)c2)C(=O)N1c1ccc(O)cc1. The number of benzene rings is 2. The van der Waals surface area contributed by atoms with Crippen LogP contribution in [0.2, 0.25) is 0 Å². The van der Waals surface area contributed by atoms with Crippen LogP contribution in [0.5, 0.6) is 5.75 Å². The van der Waals surface area contributed by atoms with E-state index < -0.39 is 6.04 Å². The van der Waals surface area contributed by atoms with E-state index in [0.29, 0.717) is 5.69 Å². The van der Waals surface area contributed by atoms with Gasteiger partial charge in [0.1, 0.15) is 11.8 Å². The first kappa shape index (κ1) is 14.8. The number of aromatic hydroxyl groups is 1. The van der Waals surface area contributed by atoms with Crippen molar-refractivity contribution in [2.45, 2.75) is 12.5 Å². The number of hydrogen-bond donors (Lipinski definition) is 2. The molecule has 0 spiro atoms. The maximum atomic E-state index is 12.5. The molecule has 1 heterocycles. The molecule has 1 aliphatic heterocycles. The van der Waals surface area contributed by atoms with Gasteiger partial charge in [0.05, 0.1) is 12.1 Å². The van der Waals surface area contributed by atoms with E-state index in [1.807, 2.05) is 24.3 Å². The zero-order chi connectivity index (χ0) is 15.7. The maximum absolute atomic E-state index is 12.5. The molecule has 5 nitrogen and oxygen atoms in total. The van der Waals surface area contributed by atoms with Crippen LogP contribution in [0.1, 0.15) is 6.42 Å². The lowest BCUT2D eigenvalue weighted by Crippen LogP contribution is -2.34. The second kappa shape index (κ2) is 5.96. The van der Waals surface area contributed by atoms with Gasteiger partial charge in [0.2, 0.25) is 5.91 Å². The second-order valence-corrected chi connectivity index (χ2v) is 6.24. The van der Waals surface area contributed by atoms with Crippen LogP contribution in [0.15, 0.2) is 48.5 Å². The highest BCUT2D eigenvalue weighted by molar-refractivity contribution is 14.1. The van der Waals surface area contributed by atoms with Crippen LogP contribution in [-0.2, 0) is 9.59 Å².